The van der Waals surface area contributed by atoms with E-state index in [0.717, 1.165) is 38.0 Å². The number of fused-ring (bicyclic) bond motifs is 3. The molecule has 26 heavy (non-hydrogen) atoms. The second kappa shape index (κ2) is 7.64. The Bertz CT molecular complexity index is 542. The molecule has 6 unspecified atom stereocenters. The van der Waals surface area contributed by atoms with Gasteiger partial charge < -0.3 is 5.11 Å². The summed E-state index contributed by atoms with van der Waals surface area (Å²) in [6.45, 7) is 6.86. The van der Waals surface area contributed by atoms with Gasteiger partial charge in [-0.15, -0.1) is 0 Å². The minimum Gasteiger partial charge on any atom is -0.481 e. The van der Waals surface area contributed by atoms with Crippen LogP contribution >= 0.6 is 0 Å². The molecule has 3 heteroatoms. The zero-order valence-corrected chi connectivity index (χ0v) is 17.1. The van der Waals surface area contributed by atoms with E-state index in [0.29, 0.717) is 30.0 Å². The molecule has 3 nitrogen and oxygen atoms in total. The zero-order chi connectivity index (χ0) is 18.9. The SMILES string of the molecule is CCCCCC1CC2C(CCC3(C)C(=O)CCC23)C(C)(CCC(=O)O)C1. The van der Waals surface area contributed by atoms with Gasteiger partial charge in [-0.25, -0.2) is 0 Å². The molecule has 0 aromatic carbocycles. The highest BCUT2D eigenvalue weighted by Crippen LogP contribution is 2.63. The van der Waals surface area contributed by atoms with Crippen LogP contribution in [0.5, 0.6) is 0 Å². The number of ketones is 1. The fraction of sp³-hybridized carbons (Fsp3) is 0.913. The van der Waals surface area contributed by atoms with Gasteiger partial charge in [0.2, 0.25) is 0 Å². The van der Waals surface area contributed by atoms with E-state index in [1.807, 2.05) is 0 Å². The van der Waals surface area contributed by atoms with Gasteiger partial charge >= 0.3 is 5.97 Å². The Labute approximate surface area is 159 Å². The number of hydrogen-bond acceptors (Lipinski definition) is 2. The molecule has 3 rings (SSSR count). The second-order valence-corrected chi connectivity index (χ2v) is 10.1. The first-order valence-electron chi connectivity index (χ1n) is 11.1. The first kappa shape index (κ1) is 19.9. The summed E-state index contributed by atoms with van der Waals surface area (Å²) in [5.41, 5.74) is 0.0609. The predicted octanol–water partition coefficient (Wildman–Crippen LogP) is 5.86. The van der Waals surface area contributed by atoms with E-state index in [9.17, 15) is 14.7 Å². The number of hydrogen-bond donors (Lipinski definition) is 1. The average molecular weight is 363 g/mol. The maximum atomic E-state index is 12.6. The molecular weight excluding hydrogens is 324 g/mol. The monoisotopic (exact) mass is 362 g/mol. The maximum Gasteiger partial charge on any atom is 0.303 e. The van der Waals surface area contributed by atoms with Crippen LogP contribution in [0, 0.1) is 34.5 Å². The molecule has 0 saturated heterocycles. The number of carboxylic acids is 1. The molecule has 3 fully saturated rings. The molecule has 0 spiro atoms. The molecule has 3 aliphatic rings. The van der Waals surface area contributed by atoms with Crippen LogP contribution < -0.4 is 0 Å². The summed E-state index contributed by atoms with van der Waals surface area (Å²) in [6.07, 6.45) is 12.7. The summed E-state index contributed by atoms with van der Waals surface area (Å²) in [4.78, 5) is 23.9. The third-order valence-corrected chi connectivity index (χ3v) is 8.53. The molecule has 148 valence electrons. The van der Waals surface area contributed by atoms with Crippen molar-refractivity contribution >= 4 is 11.8 Å². The van der Waals surface area contributed by atoms with Gasteiger partial charge in [0.25, 0.3) is 0 Å². The Balaban J connectivity index is 1.81. The molecule has 0 heterocycles. The summed E-state index contributed by atoms with van der Waals surface area (Å²) in [5.74, 6) is 2.37. The van der Waals surface area contributed by atoms with Crippen LogP contribution in [-0.4, -0.2) is 16.9 Å². The van der Waals surface area contributed by atoms with Crippen molar-refractivity contribution in [1.82, 2.24) is 0 Å². The van der Waals surface area contributed by atoms with Gasteiger partial charge in [-0.3, -0.25) is 9.59 Å². The van der Waals surface area contributed by atoms with Crippen LogP contribution in [0.3, 0.4) is 0 Å². The minimum atomic E-state index is -0.660. The molecule has 0 radical (unpaired) electrons. The summed E-state index contributed by atoms with van der Waals surface area (Å²) in [7, 11) is 0. The van der Waals surface area contributed by atoms with Crippen molar-refractivity contribution in [3.05, 3.63) is 0 Å². The zero-order valence-electron chi connectivity index (χ0n) is 17.1. The van der Waals surface area contributed by atoms with Gasteiger partial charge in [0.1, 0.15) is 5.78 Å². The van der Waals surface area contributed by atoms with E-state index in [1.54, 1.807) is 0 Å². The summed E-state index contributed by atoms with van der Waals surface area (Å²) in [6, 6.07) is 0. The van der Waals surface area contributed by atoms with Crippen LogP contribution in [0.15, 0.2) is 0 Å². The van der Waals surface area contributed by atoms with Gasteiger partial charge in [-0.05, 0) is 67.6 Å². The number of rotatable bonds is 7. The quantitative estimate of drug-likeness (QED) is 0.577. The van der Waals surface area contributed by atoms with E-state index in [-0.39, 0.29) is 10.8 Å². The molecule has 0 amide bonds. The van der Waals surface area contributed by atoms with Crippen molar-refractivity contribution in [1.29, 1.82) is 0 Å². The van der Waals surface area contributed by atoms with Crippen LogP contribution in [-0.2, 0) is 9.59 Å². The molecule has 0 aliphatic heterocycles. The van der Waals surface area contributed by atoms with E-state index in [2.05, 4.69) is 20.8 Å². The Morgan fingerprint density at radius 3 is 2.65 bits per heavy atom. The lowest BCUT2D eigenvalue weighted by Crippen LogP contribution is -2.50. The smallest absolute Gasteiger partial charge is 0.303 e. The number of carbonyl (C=O) groups is 2. The van der Waals surface area contributed by atoms with E-state index >= 15 is 0 Å². The lowest BCUT2D eigenvalue weighted by Gasteiger charge is -2.57. The number of Topliss-reactive ketones (excluding diaryl/α,β-unsaturated/α-hetero) is 1. The number of unbranched alkanes of at least 4 members (excludes halogenated alkanes) is 2. The van der Waals surface area contributed by atoms with Gasteiger partial charge in [0.15, 0.2) is 0 Å². The Hall–Kier alpha value is -0.860. The number of carbonyl (C=O) groups excluding carboxylic acids is 1. The molecule has 0 aromatic heterocycles. The highest BCUT2D eigenvalue weighted by molar-refractivity contribution is 5.87. The first-order chi connectivity index (χ1) is 12.3. The van der Waals surface area contributed by atoms with Gasteiger partial charge in [-0.2, -0.15) is 0 Å². The molecule has 0 aromatic rings. The van der Waals surface area contributed by atoms with Crippen LogP contribution in [0.1, 0.15) is 97.8 Å². The van der Waals surface area contributed by atoms with Crippen molar-refractivity contribution in [3.63, 3.8) is 0 Å². The standard InChI is InChI=1S/C23H38O3/c1-4-5-6-7-16-14-17-18(22(2,15-16)12-11-21(25)26)10-13-23(3)19(17)8-9-20(23)24/h16-19H,4-15H2,1-3H3,(H,25,26). The highest BCUT2D eigenvalue weighted by atomic mass is 16.4. The lowest BCUT2D eigenvalue weighted by molar-refractivity contribution is -0.140. The van der Waals surface area contributed by atoms with Gasteiger partial charge in [0, 0.05) is 18.3 Å². The Morgan fingerprint density at radius 2 is 1.96 bits per heavy atom. The lowest BCUT2D eigenvalue weighted by atomic mass is 9.47. The molecule has 3 saturated carbocycles. The summed E-state index contributed by atoms with van der Waals surface area (Å²) in [5, 5.41) is 9.28. The van der Waals surface area contributed by atoms with Crippen LogP contribution in [0.4, 0.5) is 0 Å². The largest absolute Gasteiger partial charge is 0.481 e. The van der Waals surface area contributed by atoms with Crippen molar-refractivity contribution in [2.75, 3.05) is 0 Å². The van der Waals surface area contributed by atoms with E-state index in [4.69, 9.17) is 0 Å². The molecule has 3 aliphatic carbocycles. The second-order valence-electron chi connectivity index (χ2n) is 10.1. The maximum absolute atomic E-state index is 12.6. The minimum absolute atomic E-state index is 0.0832. The van der Waals surface area contributed by atoms with Crippen molar-refractivity contribution in [3.8, 4) is 0 Å². The summed E-state index contributed by atoms with van der Waals surface area (Å²) < 4.78 is 0. The first-order valence-corrected chi connectivity index (χ1v) is 11.1. The van der Waals surface area contributed by atoms with Crippen molar-refractivity contribution in [2.24, 2.45) is 34.5 Å². The molecule has 0 bridgehead atoms. The predicted molar refractivity (Wildman–Crippen MR) is 104 cm³/mol. The van der Waals surface area contributed by atoms with Crippen LogP contribution in [0.2, 0.25) is 0 Å². The Kier molecular flexibility index (Phi) is 5.84. The molecule has 6 atom stereocenters. The van der Waals surface area contributed by atoms with E-state index < -0.39 is 5.97 Å². The van der Waals surface area contributed by atoms with Gasteiger partial charge in [0.05, 0.1) is 0 Å². The highest BCUT2D eigenvalue weighted by Gasteiger charge is 2.58. The normalized spacial score (nSPS) is 42.3. The topological polar surface area (TPSA) is 54.4 Å². The van der Waals surface area contributed by atoms with Crippen molar-refractivity contribution < 1.29 is 14.7 Å². The third kappa shape index (κ3) is 3.60. The van der Waals surface area contributed by atoms with Crippen LogP contribution in [0.25, 0.3) is 0 Å². The average Bonchev–Trinajstić information content (AvgIpc) is 2.89. The van der Waals surface area contributed by atoms with E-state index in [1.165, 1.54) is 38.5 Å². The number of carboxylic acid groups (broad SMARTS) is 1. The Morgan fingerprint density at radius 1 is 1.19 bits per heavy atom. The van der Waals surface area contributed by atoms with Crippen molar-refractivity contribution in [2.45, 2.75) is 97.8 Å². The third-order valence-electron chi connectivity index (χ3n) is 8.53. The molecule has 1 N–H and O–H groups in total. The molecular formula is C23H38O3. The van der Waals surface area contributed by atoms with Gasteiger partial charge in [-0.1, -0.05) is 46.5 Å². The fourth-order valence-corrected chi connectivity index (χ4v) is 7.11. The number of aliphatic carboxylic acids is 1. The fourth-order valence-electron chi connectivity index (χ4n) is 7.11. The summed E-state index contributed by atoms with van der Waals surface area (Å²) >= 11 is 0.